The Labute approximate surface area is 190 Å². The van der Waals surface area contributed by atoms with Gasteiger partial charge < -0.3 is 0 Å². The molecular weight excluding hydrogens is 416 g/mol. The molecule has 0 bridgehead atoms. The maximum absolute atomic E-state index is 2.46. The fourth-order valence-corrected chi connectivity index (χ4v) is 4.20. The minimum Gasteiger partial charge on any atom is -0.214 e. The quantitative estimate of drug-likeness (QED) is 0.416. The number of rotatable bonds is 5. The first-order valence-electron chi connectivity index (χ1n) is 10.3. The third-order valence-corrected chi connectivity index (χ3v) is 5.74. The van der Waals surface area contributed by atoms with E-state index in [0.29, 0.717) is 0 Å². The summed E-state index contributed by atoms with van der Waals surface area (Å²) in [5.74, 6) is 0. The molecule has 144 valence electrons. The molecule has 0 saturated heterocycles. The molecule has 0 aliphatic heterocycles. The predicted octanol–water partition coefficient (Wildman–Crippen LogP) is 7.53. The molecule has 2 aliphatic carbocycles. The molecule has 2 aromatic carbocycles. The zero-order valence-corrected chi connectivity index (χ0v) is 20.2. The minimum absolute atomic E-state index is 0. The fourth-order valence-electron chi connectivity index (χ4n) is 4.20. The molecule has 2 atom stereocenters. The van der Waals surface area contributed by atoms with Crippen molar-refractivity contribution in [3.05, 3.63) is 107 Å². The summed E-state index contributed by atoms with van der Waals surface area (Å²) in [6.07, 6.45) is 17.8. The Bertz CT molecular complexity index is 839. The van der Waals surface area contributed by atoms with Crippen LogP contribution in [0.1, 0.15) is 58.1 Å². The van der Waals surface area contributed by atoms with Gasteiger partial charge in [0.1, 0.15) is 0 Å². The van der Waals surface area contributed by atoms with E-state index < -0.39 is 0 Å². The molecule has 2 aliphatic rings. The van der Waals surface area contributed by atoms with Gasteiger partial charge in [-0.15, -0.1) is 5.56 Å². The molecule has 2 unspecified atom stereocenters. The van der Waals surface area contributed by atoms with E-state index in [2.05, 4.69) is 82.4 Å². The molecule has 0 radical (unpaired) electrons. The van der Waals surface area contributed by atoms with Crippen LogP contribution in [0, 0.1) is 0 Å². The maximum atomic E-state index is 2.46. The van der Waals surface area contributed by atoms with Gasteiger partial charge in [-0.3, -0.25) is 0 Å². The van der Waals surface area contributed by atoms with Crippen molar-refractivity contribution >= 4 is 0 Å². The van der Waals surface area contributed by atoms with Crippen LogP contribution in [-0.2, 0) is 37.0 Å². The Balaban J connectivity index is 0.000000408. The third-order valence-electron chi connectivity index (χ3n) is 5.74. The number of hydrogen-bond donors (Lipinski definition) is 0. The normalized spacial score (nSPS) is 25.0. The summed E-state index contributed by atoms with van der Waals surface area (Å²) in [5, 5.41) is 0. The van der Waals surface area contributed by atoms with Crippen LogP contribution < -0.4 is 0 Å². The van der Waals surface area contributed by atoms with E-state index in [-0.39, 0.29) is 37.0 Å². The van der Waals surface area contributed by atoms with Crippen molar-refractivity contribution in [3.8, 4) is 0 Å². The summed E-state index contributed by atoms with van der Waals surface area (Å²) in [6.45, 7) is 9.16. The van der Waals surface area contributed by atoms with Crippen LogP contribution in [0.2, 0.25) is 0 Å². The summed E-state index contributed by atoms with van der Waals surface area (Å²) in [5.41, 5.74) is 5.92. The summed E-state index contributed by atoms with van der Waals surface area (Å²) >= 11 is 0. The monoisotopic (exact) mass is 446 g/mol. The maximum Gasteiger partial charge on any atom is 2.00 e. The molecule has 0 nitrogen and oxygen atoms in total. The Morgan fingerprint density at radius 3 is 2.21 bits per heavy atom. The van der Waals surface area contributed by atoms with Crippen molar-refractivity contribution in [1.29, 1.82) is 0 Å². The van der Waals surface area contributed by atoms with Gasteiger partial charge in [0.15, 0.2) is 0 Å². The van der Waals surface area contributed by atoms with Crippen molar-refractivity contribution in [2.75, 3.05) is 0 Å². The standard InChI is InChI=1S/C22H27.C5H5.Zr/c1-5-8-18-12-14-22(4,16-18)20-10-7-9-19(20)21(3)13-11-17(6-2)15-21;1-2-4-5-3-1;/h7,9-16H,5-6,8H2,1-4H3;1-5H;/q2*-1;+2. The fraction of sp³-hybridized carbons (Fsp3) is 0.333. The topological polar surface area (TPSA) is 0 Å². The molecular formula is C27H32Zr. The van der Waals surface area contributed by atoms with Crippen LogP contribution in [0.3, 0.4) is 0 Å². The molecule has 0 heterocycles. The third kappa shape index (κ3) is 4.93. The molecule has 0 amide bonds. The first-order chi connectivity index (χ1) is 13.0. The second-order valence-electron chi connectivity index (χ2n) is 8.09. The average molecular weight is 448 g/mol. The SMILES string of the molecule is CCCC1=CC(C)([c-]2cccc2C2(C)C=CC(CC)=C2)C=C1.[Zr+2].c1cc[cH-]c1. The van der Waals surface area contributed by atoms with Gasteiger partial charge in [0.05, 0.1) is 0 Å². The molecule has 2 aromatic rings. The van der Waals surface area contributed by atoms with E-state index in [1.165, 1.54) is 35.1 Å². The van der Waals surface area contributed by atoms with Crippen molar-refractivity contribution in [2.24, 2.45) is 0 Å². The summed E-state index contributed by atoms with van der Waals surface area (Å²) in [7, 11) is 0. The molecule has 1 heteroatoms. The van der Waals surface area contributed by atoms with Crippen LogP contribution in [0.15, 0.2) is 96.1 Å². The van der Waals surface area contributed by atoms with Crippen molar-refractivity contribution in [3.63, 3.8) is 0 Å². The van der Waals surface area contributed by atoms with Crippen molar-refractivity contribution in [2.45, 2.75) is 57.8 Å². The van der Waals surface area contributed by atoms with Gasteiger partial charge in [-0.25, -0.2) is 24.3 Å². The van der Waals surface area contributed by atoms with Gasteiger partial charge in [0, 0.05) is 5.41 Å². The zero-order valence-electron chi connectivity index (χ0n) is 17.7. The zero-order chi connectivity index (χ0) is 19.3. The van der Waals surface area contributed by atoms with Crippen LogP contribution in [0.4, 0.5) is 0 Å². The van der Waals surface area contributed by atoms with Crippen LogP contribution >= 0.6 is 0 Å². The van der Waals surface area contributed by atoms with Crippen LogP contribution in [0.25, 0.3) is 0 Å². The first kappa shape index (κ1) is 22.8. The molecule has 0 fully saturated rings. The number of allylic oxidation sites excluding steroid dienone is 8. The van der Waals surface area contributed by atoms with Gasteiger partial charge in [-0.1, -0.05) is 81.7 Å². The largest absolute Gasteiger partial charge is 2.00 e. The van der Waals surface area contributed by atoms with Gasteiger partial charge in [0.2, 0.25) is 0 Å². The van der Waals surface area contributed by atoms with Crippen molar-refractivity contribution in [1.82, 2.24) is 0 Å². The Hall–Kier alpha value is -1.46. The molecule has 0 saturated carbocycles. The van der Waals surface area contributed by atoms with E-state index >= 15 is 0 Å². The van der Waals surface area contributed by atoms with E-state index in [9.17, 15) is 0 Å². The second-order valence-corrected chi connectivity index (χ2v) is 8.09. The molecule has 28 heavy (non-hydrogen) atoms. The Kier molecular flexibility index (Phi) is 8.02. The molecule has 0 spiro atoms. The van der Waals surface area contributed by atoms with E-state index in [4.69, 9.17) is 0 Å². The summed E-state index contributed by atoms with van der Waals surface area (Å²) in [4.78, 5) is 0. The smallest absolute Gasteiger partial charge is 0.214 e. The minimum atomic E-state index is 0. The van der Waals surface area contributed by atoms with Crippen LogP contribution in [0.5, 0.6) is 0 Å². The van der Waals surface area contributed by atoms with Gasteiger partial charge in [-0.2, -0.15) is 29.8 Å². The Morgan fingerprint density at radius 1 is 0.929 bits per heavy atom. The van der Waals surface area contributed by atoms with E-state index in [0.717, 1.165) is 6.42 Å². The Morgan fingerprint density at radius 2 is 1.64 bits per heavy atom. The average Bonchev–Trinajstić information content (AvgIpc) is 3.44. The summed E-state index contributed by atoms with van der Waals surface area (Å²) < 4.78 is 0. The van der Waals surface area contributed by atoms with E-state index in [1.807, 2.05) is 30.3 Å². The summed E-state index contributed by atoms with van der Waals surface area (Å²) in [6, 6.07) is 16.8. The molecule has 4 rings (SSSR count). The number of hydrogen-bond acceptors (Lipinski definition) is 0. The van der Waals surface area contributed by atoms with Crippen LogP contribution in [-0.4, -0.2) is 0 Å². The molecule has 0 aromatic heterocycles. The predicted molar refractivity (Wildman–Crippen MR) is 118 cm³/mol. The van der Waals surface area contributed by atoms with E-state index in [1.54, 1.807) is 0 Å². The van der Waals surface area contributed by atoms with Gasteiger partial charge in [0.25, 0.3) is 0 Å². The molecule has 0 N–H and O–H groups in total. The first-order valence-corrected chi connectivity index (χ1v) is 10.3. The van der Waals surface area contributed by atoms with Gasteiger partial charge in [-0.05, 0) is 18.3 Å². The second kappa shape index (κ2) is 9.84. The van der Waals surface area contributed by atoms with Crippen molar-refractivity contribution < 1.29 is 26.2 Å². The van der Waals surface area contributed by atoms with Gasteiger partial charge >= 0.3 is 26.2 Å².